The van der Waals surface area contributed by atoms with Gasteiger partial charge in [0.05, 0.1) is 0 Å². The molecule has 0 heteroatoms. The van der Waals surface area contributed by atoms with Crippen LogP contribution in [0.25, 0.3) is 0 Å². The van der Waals surface area contributed by atoms with E-state index in [1.807, 2.05) is 0 Å². The molecule has 0 nitrogen and oxygen atoms in total. The van der Waals surface area contributed by atoms with Crippen molar-refractivity contribution in [2.24, 2.45) is 52.3 Å². The van der Waals surface area contributed by atoms with Gasteiger partial charge in [-0.05, 0) is 142 Å². The first kappa shape index (κ1) is 24.3. The summed E-state index contributed by atoms with van der Waals surface area (Å²) in [5.74, 6) is 7.76. The third-order valence-corrected chi connectivity index (χ3v) is 12.7. The second-order valence-electron chi connectivity index (χ2n) is 14.8. The monoisotopic (exact) mass is 472 g/mol. The van der Waals surface area contributed by atoms with E-state index in [0.29, 0.717) is 16.7 Å². The van der Waals surface area contributed by atoms with Crippen molar-refractivity contribution in [3.63, 3.8) is 0 Å². The largest absolute Gasteiger partial charge is 0.0876 e. The van der Waals surface area contributed by atoms with Gasteiger partial charge >= 0.3 is 0 Å². The maximum absolute atomic E-state index is 2.77. The van der Waals surface area contributed by atoms with Crippen LogP contribution in [0.1, 0.15) is 123 Å². The van der Waals surface area contributed by atoms with Crippen molar-refractivity contribution in [3.8, 4) is 0 Å². The lowest BCUT2D eigenvalue weighted by Crippen LogP contribution is -2.49. The highest BCUT2D eigenvalue weighted by Crippen LogP contribution is 2.66. The molecule has 0 spiro atoms. The number of benzene rings is 1. The first-order valence-corrected chi connectivity index (χ1v) is 15.6. The van der Waals surface area contributed by atoms with Crippen molar-refractivity contribution >= 4 is 0 Å². The van der Waals surface area contributed by atoms with Crippen molar-refractivity contribution in [2.45, 2.75) is 117 Å². The van der Waals surface area contributed by atoms with E-state index < -0.39 is 0 Å². The third-order valence-electron chi connectivity index (χ3n) is 12.7. The van der Waals surface area contributed by atoms with E-state index in [2.05, 4.69) is 64.1 Å². The molecule has 5 aliphatic rings. The maximum atomic E-state index is 2.77. The molecule has 35 heavy (non-hydrogen) atoms. The second kappa shape index (κ2) is 9.36. The lowest BCUT2D eigenvalue weighted by Gasteiger charge is -2.57. The summed E-state index contributed by atoms with van der Waals surface area (Å²) < 4.78 is 0. The fraction of sp³-hybridized carbons (Fsp3) is 0.771. The summed E-state index contributed by atoms with van der Waals surface area (Å²) in [5, 5.41) is 0. The summed E-state index contributed by atoms with van der Waals surface area (Å²) in [6.07, 6.45) is 22.0. The van der Waals surface area contributed by atoms with Crippen LogP contribution in [0.2, 0.25) is 0 Å². The first-order valence-electron chi connectivity index (χ1n) is 15.6. The van der Waals surface area contributed by atoms with E-state index in [-0.39, 0.29) is 0 Å². The van der Waals surface area contributed by atoms with Crippen molar-refractivity contribution in [1.82, 2.24) is 0 Å². The highest BCUT2D eigenvalue weighted by atomic mass is 14.6. The van der Waals surface area contributed by atoms with Crippen molar-refractivity contribution in [1.29, 1.82) is 0 Å². The zero-order valence-electron chi connectivity index (χ0n) is 23.3. The van der Waals surface area contributed by atoms with E-state index in [4.69, 9.17) is 0 Å². The predicted molar refractivity (Wildman–Crippen MR) is 149 cm³/mol. The zero-order valence-corrected chi connectivity index (χ0v) is 23.3. The molecule has 1 aromatic rings. The molecule has 5 saturated carbocycles. The normalized spacial score (nSPS) is 46.0. The molecule has 0 saturated heterocycles. The standard InChI is InChI=1S/C35H52/c1-5-28-25(12-9-13-29(28)24-10-7-6-8-11-24)22-27-15-17-33-32-16-14-26-23-34(2,3)20-18-30(26)31(32)19-21-35(27,33)4/h5-8,10-11,25-27,29-33H,9,12-23H2,1-4H3/b28-5-/t25-,26?,27-,29-,30+,31-,32?,33+,35-/m1/s1. The molecule has 0 aromatic heterocycles. The summed E-state index contributed by atoms with van der Waals surface area (Å²) in [7, 11) is 0. The van der Waals surface area contributed by atoms with Crippen LogP contribution in [0.5, 0.6) is 0 Å². The average molecular weight is 473 g/mol. The minimum atomic E-state index is 0.609. The Morgan fingerprint density at radius 1 is 0.800 bits per heavy atom. The fourth-order valence-electron chi connectivity index (χ4n) is 11.1. The van der Waals surface area contributed by atoms with Crippen LogP contribution in [-0.4, -0.2) is 0 Å². The van der Waals surface area contributed by atoms with Crippen LogP contribution in [0, 0.1) is 52.3 Å². The Hall–Kier alpha value is -1.04. The van der Waals surface area contributed by atoms with Crippen LogP contribution in [0.3, 0.4) is 0 Å². The number of allylic oxidation sites excluding steroid dienone is 2. The van der Waals surface area contributed by atoms with Crippen molar-refractivity contribution < 1.29 is 0 Å². The molecule has 0 N–H and O–H groups in total. The summed E-state index contributed by atoms with van der Waals surface area (Å²) in [4.78, 5) is 0. The molecule has 2 unspecified atom stereocenters. The molecule has 9 atom stereocenters. The first-order chi connectivity index (χ1) is 16.9. The quantitative estimate of drug-likeness (QED) is 0.384. The molecule has 1 aromatic carbocycles. The van der Waals surface area contributed by atoms with Gasteiger partial charge in [-0.15, -0.1) is 0 Å². The third kappa shape index (κ3) is 4.28. The molecule has 192 valence electrons. The summed E-state index contributed by atoms with van der Waals surface area (Å²) >= 11 is 0. The second-order valence-corrected chi connectivity index (χ2v) is 14.8. The summed E-state index contributed by atoms with van der Waals surface area (Å²) in [6.45, 7) is 10.2. The predicted octanol–water partition coefficient (Wildman–Crippen LogP) is 10.2. The van der Waals surface area contributed by atoms with Crippen LogP contribution < -0.4 is 0 Å². The Balaban J connectivity index is 1.17. The van der Waals surface area contributed by atoms with Gasteiger partial charge in [0, 0.05) is 5.92 Å². The van der Waals surface area contributed by atoms with Gasteiger partial charge < -0.3 is 0 Å². The van der Waals surface area contributed by atoms with Gasteiger partial charge in [-0.1, -0.05) is 69.2 Å². The minimum Gasteiger partial charge on any atom is -0.0876 e. The summed E-state index contributed by atoms with van der Waals surface area (Å²) in [6, 6.07) is 11.4. The Morgan fingerprint density at radius 2 is 1.60 bits per heavy atom. The summed E-state index contributed by atoms with van der Waals surface area (Å²) in [5.41, 5.74) is 4.58. The van der Waals surface area contributed by atoms with E-state index in [0.717, 1.165) is 41.4 Å². The van der Waals surface area contributed by atoms with Crippen LogP contribution >= 0.6 is 0 Å². The van der Waals surface area contributed by atoms with Gasteiger partial charge in [0.25, 0.3) is 0 Å². The van der Waals surface area contributed by atoms with Crippen LogP contribution in [0.15, 0.2) is 42.0 Å². The molecular weight excluding hydrogens is 420 g/mol. The molecule has 0 radical (unpaired) electrons. The van der Waals surface area contributed by atoms with Crippen molar-refractivity contribution in [3.05, 3.63) is 47.5 Å². The highest BCUT2D eigenvalue weighted by Gasteiger charge is 2.57. The van der Waals surface area contributed by atoms with E-state index >= 15 is 0 Å². The van der Waals surface area contributed by atoms with Gasteiger partial charge in [-0.25, -0.2) is 0 Å². The van der Waals surface area contributed by atoms with E-state index in [1.165, 1.54) is 51.4 Å². The fourth-order valence-corrected chi connectivity index (χ4v) is 11.1. The lowest BCUT2D eigenvalue weighted by molar-refractivity contribution is -0.0775. The zero-order chi connectivity index (χ0) is 24.2. The number of rotatable bonds is 3. The van der Waals surface area contributed by atoms with Gasteiger partial charge in [0.1, 0.15) is 0 Å². The average Bonchev–Trinajstić information content (AvgIpc) is 3.19. The number of hydrogen-bond acceptors (Lipinski definition) is 0. The topological polar surface area (TPSA) is 0 Å². The van der Waals surface area contributed by atoms with Gasteiger partial charge in [0.15, 0.2) is 0 Å². The van der Waals surface area contributed by atoms with Gasteiger partial charge in [-0.3, -0.25) is 0 Å². The molecule has 5 fully saturated rings. The van der Waals surface area contributed by atoms with Crippen molar-refractivity contribution in [2.75, 3.05) is 0 Å². The minimum absolute atomic E-state index is 0.609. The molecule has 5 aliphatic carbocycles. The van der Waals surface area contributed by atoms with Crippen LogP contribution in [0.4, 0.5) is 0 Å². The Bertz CT molecular complexity index is 907. The Morgan fingerprint density at radius 3 is 2.40 bits per heavy atom. The van der Waals surface area contributed by atoms with Gasteiger partial charge in [0.2, 0.25) is 0 Å². The number of hydrogen-bond donors (Lipinski definition) is 0. The number of fused-ring (bicyclic) bond motifs is 5. The molecule has 6 rings (SSSR count). The SMILES string of the molecule is C/C=C1/[C@@H](C[C@H]2CC[C@H]3C4CCC5CC(C)(C)CC[C@@H]5[C@H]4CC[C@]23C)CCC[C@@H]1c1ccccc1. The molecule has 0 aliphatic heterocycles. The molecule has 0 bridgehead atoms. The van der Waals surface area contributed by atoms with E-state index in [9.17, 15) is 0 Å². The Kier molecular flexibility index (Phi) is 6.50. The van der Waals surface area contributed by atoms with Crippen LogP contribution in [-0.2, 0) is 0 Å². The molecular formula is C35H52. The Labute approximate surface area is 216 Å². The smallest absolute Gasteiger partial charge is 0.00508 e. The molecule has 0 amide bonds. The van der Waals surface area contributed by atoms with E-state index in [1.54, 1.807) is 43.2 Å². The highest BCUT2D eigenvalue weighted by molar-refractivity contribution is 5.31. The molecule has 0 heterocycles. The maximum Gasteiger partial charge on any atom is 0.00508 e. The lowest BCUT2D eigenvalue weighted by atomic mass is 9.48. The van der Waals surface area contributed by atoms with Gasteiger partial charge in [-0.2, -0.15) is 0 Å².